The van der Waals surface area contributed by atoms with Gasteiger partial charge in [0.25, 0.3) is 0 Å². The van der Waals surface area contributed by atoms with Gasteiger partial charge in [-0.25, -0.2) is 4.39 Å². The number of halogens is 1. The van der Waals surface area contributed by atoms with Gasteiger partial charge in [-0.3, -0.25) is 0 Å². The van der Waals surface area contributed by atoms with Crippen molar-refractivity contribution in [3.63, 3.8) is 0 Å². The molecule has 0 atom stereocenters. The van der Waals surface area contributed by atoms with E-state index >= 15 is 0 Å². The first-order valence-electron chi connectivity index (χ1n) is 5.84. The number of anilines is 1. The third-order valence-corrected chi connectivity index (χ3v) is 2.86. The monoisotopic (exact) mass is 222 g/mol. The molecule has 0 radical (unpaired) electrons. The van der Waals surface area contributed by atoms with E-state index < -0.39 is 0 Å². The zero-order chi connectivity index (χ0) is 11.5. The molecule has 1 N–H and O–H groups in total. The fourth-order valence-corrected chi connectivity index (χ4v) is 1.79. The van der Waals surface area contributed by atoms with Crippen molar-refractivity contribution in [1.82, 2.24) is 4.90 Å². The van der Waals surface area contributed by atoms with Gasteiger partial charge in [-0.1, -0.05) is 0 Å². The van der Waals surface area contributed by atoms with Crippen LogP contribution >= 0.6 is 0 Å². The summed E-state index contributed by atoms with van der Waals surface area (Å²) in [5, 5.41) is 3.26. The second kappa shape index (κ2) is 4.83. The van der Waals surface area contributed by atoms with Crippen LogP contribution in [0.3, 0.4) is 0 Å². The van der Waals surface area contributed by atoms with Gasteiger partial charge in [0.05, 0.1) is 0 Å². The summed E-state index contributed by atoms with van der Waals surface area (Å²) in [6.07, 6.45) is 2.42. The number of nitrogens with one attached hydrogen (secondary N) is 1. The molecule has 1 aliphatic carbocycles. The van der Waals surface area contributed by atoms with Gasteiger partial charge in [0.2, 0.25) is 0 Å². The predicted octanol–water partition coefficient (Wildman–Crippen LogP) is 2.68. The third-order valence-electron chi connectivity index (χ3n) is 2.86. The first-order chi connectivity index (χ1) is 7.65. The molecule has 0 aliphatic heterocycles. The first-order valence-corrected chi connectivity index (χ1v) is 5.84. The Morgan fingerprint density at radius 3 is 2.69 bits per heavy atom. The van der Waals surface area contributed by atoms with E-state index in [9.17, 15) is 4.39 Å². The molecule has 0 heterocycles. The summed E-state index contributed by atoms with van der Waals surface area (Å²) >= 11 is 0. The molecule has 0 aromatic heterocycles. The summed E-state index contributed by atoms with van der Waals surface area (Å²) in [4.78, 5) is 2.11. The van der Waals surface area contributed by atoms with Crippen LogP contribution in [0.1, 0.15) is 24.3 Å². The van der Waals surface area contributed by atoms with E-state index in [0.717, 1.165) is 24.3 Å². The maximum atomic E-state index is 13.4. The number of hydrogen-bond acceptors (Lipinski definition) is 2. The first kappa shape index (κ1) is 11.4. The minimum absolute atomic E-state index is 0.128. The molecule has 1 fully saturated rings. The number of hydrogen-bond donors (Lipinski definition) is 1. The van der Waals surface area contributed by atoms with Gasteiger partial charge < -0.3 is 10.2 Å². The summed E-state index contributed by atoms with van der Waals surface area (Å²) in [7, 11) is 4.06. The van der Waals surface area contributed by atoms with Crippen molar-refractivity contribution in [1.29, 1.82) is 0 Å². The van der Waals surface area contributed by atoms with Crippen LogP contribution in [0.2, 0.25) is 0 Å². The van der Waals surface area contributed by atoms with Crippen molar-refractivity contribution in [2.75, 3.05) is 32.5 Å². The van der Waals surface area contributed by atoms with Gasteiger partial charge in [-0.2, -0.15) is 0 Å². The molecule has 1 aliphatic rings. The predicted molar refractivity (Wildman–Crippen MR) is 65.4 cm³/mol. The SMILES string of the molecule is CN(C)CCNc1cc(F)cc(C2CC2)c1. The van der Waals surface area contributed by atoms with Crippen LogP contribution in [-0.4, -0.2) is 32.1 Å². The van der Waals surface area contributed by atoms with Crippen LogP contribution in [0.4, 0.5) is 10.1 Å². The molecule has 1 saturated carbocycles. The lowest BCUT2D eigenvalue weighted by Crippen LogP contribution is -2.20. The summed E-state index contributed by atoms with van der Waals surface area (Å²) in [6, 6.07) is 5.31. The molecule has 0 bridgehead atoms. The Hall–Kier alpha value is -1.09. The molecule has 1 aromatic rings. The van der Waals surface area contributed by atoms with E-state index in [1.54, 1.807) is 12.1 Å². The molecule has 0 unspecified atom stereocenters. The maximum Gasteiger partial charge on any atom is 0.125 e. The van der Waals surface area contributed by atoms with Crippen molar-refractivity contribution in [2.24, 2.45) is 0 Å². The fraction of sp³-hybridized carbons (Fsp3) is 0.538. The van der Waals surface area contributed by atoms with E-state index in [-0.39, 0.29) is 5.82 Å². The van der Waals surface area contributed by atoms with E-state index in [1.807, 2.05) is 14.1 Å². The topological polar surface area (TPSA) is 15.3 Å². The minimum Gasteiger partial charge on any atom is -0.384 e. The van der Waals surface area contributed by atoms with Crippen molar-refractivity contribution < 1.29 is 4.39 Å². The Labute approximate surface area is 96.5 Å². The lowest BCUT2D eigenvalue weighted by molar-refractivity contribution is 0.425. The molecule has 2 nitrogen and oxygen atoms in total. The Kier molecular flexibility index (Phi) is 3.44. The summed E-state index contributed by atoms with van der Waals surface area (Å²) in [5.74, 6) is 0.474. The highest BCUT2D eigenvalue weighted by Gasteiger charge is 2.24. The Bertz CT molecular complexity index is 359. The van der Waals surface area contributed by atoms with Crippen molar-refractivity contribution in [2.45, 2.75) is 18.8 Å². The maximum absolute atomic E-state index is 13.4. The van der Waals surface area contributed by atoms with Gasteiger partial charge in [-0.15, -0.1) is 0 Å². The second-order valence-corrected chi connectivity index (χ2v) is 4.78. The van der Waals surface area contributed by atoms with Crippen molar-refractivity contribution >= 4 is 5.69 Å². The largest absolute Gasteiger partial charge is 0.384 e. The highest BCUT2D eigenvalue weighted by Crippen LogP contribution is 2.41. The lowest BCUT2D eigenvalue weighted by Gasteiger charge is -2.12. The van der Waals surface area contributed by atoms with Crippen LogP contribution in [0.25, 0.3) is 0 Å². The molecule has 3 heteroatoms. The molecule has 88 valence electrons. The molecular weight excluding hydrogens is 203 g/mol. The smallest absolute Gasteiger partial charge is 0.125 e. The average Bonchev–Trinajstić information content (AvgIpc) is 2.99. The highest BCUT2D eigenvalue weighted by molar-refractivity contribution is 5.48. The standard InChI is InChI=1S/C13H19FN2/c1-16(2)6-5-15-13-8-11(10-3-4-10)7-12(14)9-13/h7-10,15H,3-6H2,1-2H3. The number of rotatable bonds is 5. The van der Waals surface area contributed by atoms with Crippen LogP contribution in [0.5, 0.6) is 0 Å². The quantitative estimate of drug-likeness (QED) is 0.824. The van der Waals surface area contributed by atoms with Gasteiger partial charge >= 0.3 is 0 Å². The molecular formula is C13H19FN2. The van der Waals surface area contributed by atoms with E-state index in [1.165, 1.54) is 12.8 Å². The average molecular weight is 222 g/mol. The third kappa shape index (κ3) is 3.20. The zero-order valence-corrected chi connectivity index (χ0v) is 9.96. The molecule has 1 aromatic carbocycles. The van der Waals surface area contributed by atoms with E-state index in [2.05, 4.69) is 16.3 Å². The highest BCUT2D eigenvalue weighted by atomic mass is 19.1. The van der Waals surface area contributed by atoms with E-state index in [0.29, 0.717) is 5.92 Å². The summed E-state index contributed by atoms with van der Waals surface area (Å²) in [5.41, 5.74) is 2.05. The second-order valence-electron chi connectivity index (χ2n) is 4.78. The fourth-order valence-electron chi connectivity index (χ4n) is 1.79. The molecule has 16 heavy (non-hydrogen) atoms. The zero-order valence-electron chi connectivity index (χ0n) is 9.96. The minimum atomic E-state index is -0.128. The van der Waals surface area contributed by atoms with Gasteiger partial charge in [0.1, 0.15) is 5.82 Å². The number of nitrogens with zero attached hydrogens (tertiary/aromatic N) is 1. The summed E-state index contributed by atoms with van der Waals surface area (Å²) in [6.45, 7) is 1.80. The molecule has 2 rings (SSSR count). The van der Waals surface area contributed by atoms with Gasteiger partial charge in [-0.05, 0) is 56.6 Å². The van der Waals surface area contributed by atoms with Crippen LogP contribution in [0.15, 0.2) is 18.2 Å². The molecule has 0 saturated heterocycles. The summed E-state index contributed by atoms with van der Waals surface area (Å²) < 4.78 is 13.4. The Morgan fingerprint density at radius 1 is 1.31 bits per heavy atom. The van der Waals surface area contributed by atoms with E-state index in [4.69, 9.17) is 0 Å². The van der Waals surface area contributed by atoms with Crippen molar-refractivity contribution in [3.05, 3.63) is 29.6 Å². The molecule has 0 spiro atoms. The van der Waals surface area contributed by atoms with Gasteiger partial charge in [0.15, 0.2) is 0 Å². The number of likely N-dealkylation sites (N-methyl/N-ethyl adjacent to an activating group) is 1. The lowest BCUT2D eigenvalue weighted by atomic mass is 10.1. The normalized spacial score (nSPS) is 15.5. The Balaban J connectivity index is 1.97. The van der Waals surface area contributed by atoms with Gasteiger partial charge in [0, 0.05) is 18.8 Å². The Morgan fingerprint density at radius 2 is 2.06 bits per heavy atom. The number of benzene rings is 1. The van der Waals surface area contributed by atoms with Crippen LogP contribution in [-0.2, 0) is 0 Å². The van der Waals surface area contributed by atoms with Crippen LogP contribution in [0, 0.1) is 5.82 Å². The molecule has 0 amide bonds. The van der Waals surface area contributed by atoms with Crippen LogP contribution < -0.4 is 5.32 Å². The van der Waals surface area contributed by atoms with Crippen molar-refractivity contribution in [3.8, 4) is 0 Å².